The lowest BCUT2D eigenvalue weighted by Gasteiger charge is -2.05. The van der Waals surface area contributed by atoms with Crippen LogP contribution in [0.5, 0.6) is 0 Å². The number of imidazole rings is 1. The van der Waals surface area contributed by atoms with Crippen LogP contribution >= 0.6 is 11.8 Å². The van der Waals surface area contributed by atoms with Crippen molar-refractivity contribution in [2.24, 2.45) is 0 Å². The van der Waals surface area contributed by atoms with Gasteiger partial charge in [0.05, 0.1) is 12.1 Å². The number of fused-ring (bicyclic) bond motifs is 1. The zero-order valence-electron chi connectivity index (χ0n) is 11.9. The van der Waals surface area contributed by atoms with Gasteiger partial charge < -0.3 is 9.72 Å². The van der Waals surface area contributed by atoms with E-state index in [-0.39, 0.29) is 18.1 Å². The van der Waals surface area contributed by atoms with E-state index in [1.165, 1.54) is 12.3 Å². The third kappa shape index (κ3) is 3.28. The molecule has 1 aromatic carbocycles. The van der Waals surface area contributed by atoms with E-state index in [0.717, 1.165) is 10.6 Å². The second-order valence-electron chi connectivity index (χ2n) is 4.80. The number of rotatable bonds is 4. The van der Waals surface area contributed by atoms with Gasteiger partial charge in [0.2, 0.25) is 5.91 Å². The van der Waals surface area contributed by atoms with Gasteiger partial charge in [0.25, 0.3) is 0 Å². The number of pyridine rings is 1. The molecular weight excluding hydrogens is 301 g/mol. The van der Waals surface area contributed by atoms with Crippen molar-refractivity contribution < 1.29 is 9.18 Å². The first-order valence-corrected chi connectivity index (χ1v) is 7.93. The molecule has 0 radical (unpaired) electrons. The zero-order valence-corrected chi connectivity index (χ0v) is 12.7. The molecule has 4 nitrogen and oxygen atoms in total. The Morgan fingerprint density at radius 2 is 2.18 bits per heavy atom. The van der Waals surface area contributed by atoms with Gasteiger partial charge in [-0.05, 0) is 36.6 Å². The Bertz CT molecular complexity index is 831. The molecule has 1 N–H and O–H groups in total. The number of carbonyl (C=O) groups is 1. The van der Waals surface area contributed by atoms with Crippen molar-refractivity contribution in [3.05, 3.63) is 60.3 Å². The van der Waals surface area contributed by atoms with Gasteiger partial charge in [-0.1, -0.05) is 6.07 Å². The fourth-order valence-electron chi connectivity index (χ4n) is 2.17. The van der Waals surface area contributed by atoms with E-state index >= 15 is 0 Å². The average Bonchev–Trinajstić information content (AvgIpc) is 2.88. The molecule has 1 amide bonds. The lowest BCUT2D eigenvalue weighted by molar-refractivity contribution is -0.115. The normalized spacial score (nSPS) is 10.8. The van der Waals surface area contributed by atoms with Crippen LogP contribution < -0.4 is 5.32 Å². The predicted molar refractivity (Wildman–Crippen MR) is 85.7 cm³/mol. The molecule has 0 saturated carbocycles. The summed E-state index contributed by atoms with van der Waals surface area (Å²) in [6.07, 6.45) is 5.13. The molecule has 0 atom stereocenters. The van der Waals surface area contributed by atoms with Crippen molar-refractivity contribution in [1.82, 2.24) is 9.38 Å². The van der Waals surface area contributed by atoms with Gasteiger partial charge in [-0.25, -0.2) is 9.37 Å². The van der Waals surface area contributed by atoms with Gasteiger partial charge in [-0.3, -0.25) is 4.79 Å². The molecule has 6 heteroatoms. The Hall–Kier alpha value is -2.34. The number of aromatic nitrogens is 2. The number of hydrogen-bond acceptors (Lipinski definition) is 3. The highest BCUT2D eigenvalue weighted by molar-refractivity contribution is 7.98. The van der Waals surface area contributed by atoms with Crippen molar-refractivity contribution in [2.75, 3.05) is 11.6 Å². The van der Waals surface area contributed by atoms with Gasteiger partial charge in [-0.2, -0.15) is 0 Å². The summed E-state index contributed by atoms with van der Waals surface area (Å²) in [6.45, 7) is 0. The second kappa shape index (κ2) is 6.19. The van der Waals surface area contributed by atoms with E-state index in [1.807, 2.05) is 30.5 Å². The van der Waals surface area contributed by atoms with Crippen molar-refractivity contribution >= 4 is 29.0 Å². The number of thioether (sulfide) groups is 1. The Morgan fingerprint density at radius 3 is 3.00 bits per heavy atom. The number of halogens is 1. The molecule has 2 heterocycles. The predicted octanol–water partition coefficient (Wildman–Crippen LogP) is 3.38. The standard InChI is InChI=1S/C16H14FN3OS/c1-22-14-4-2-3-12(7-14)19-16(21)8-13-10-20-9-11(17)5-6-15(20)18-13/h2-7,9-10H,8H2,1H3,(H,19,21). The van der Waals surface area contributed by atoms with E-state index in [1.54, 1.807) is 28.4 Å². The van der Waals surface area contributed by atoms with Gasteiger partial charge in [0.1, 0.15) is 11.5 Å². The Labute approximate surface area is 131 Å². The number of nitrogens with zero attached hydrogens (tertiary/aromatic N) is 2. The highest BCUT2D eigenvalue weighted by Gasteiger charge is 2.09. The number of nitrogens with one attached hydrogen (secondary N) is 1. The molecule has 3 rings (SSSR count). The number of benzene rings is 1. The maximum atomic E-state index is 13.1. The van der Waals surface area contributed by atoms with E-state index in [9.17, 15) is 9.18 Å². The average molecular weight is 315 g/mol. The van der Waals surface area contributed by atoms with Crippen LogP contribution in [0, 0.1) is 5.82 Å². The summed E-state index contributed by atoms with van der Waals surface area (Å²) in [5, 5.41) is 2.85. The molecule has 3 aromatic rings. The third-order valence-corrected chi connectivity index (χ3v) is 3.89. The monoisotopic (exact) mass is 315 g/mol. The van der Waals surface area contributed by atoms with E-state index in [0.29, 0.717) is 11.3 Å². The Morgan fingerprint density at radius 1 is 1.32 bits per heavy atom. The summed E-state index contributed by atoms with van der Waals surface area (Å²) in [5.41, 5.74) is 1.98. The quantitative estimate of drug-likeness (QED) is 0.751. The Kier molecular flexibility index (Phi) is 4.11. The SMILES string of the molecule is CSc1cccc(NC(=O)Cc2cn3cc(F)ccc3n2)c1. The van der Waals surface area contributed by atoms with Gasteiger partial charge in [-0.15, -0.1) is 11.8 Å². The topological polar surface area (TPSA) is 46.4 Å². The highest BCUT2D eigenvalue weighted by atomic mass is 32.2. The lowest BCUT2D eigenvalue weighted by atomic mass is 10.3. The van der Waals surface area contributed by atoms with Crippen molar-refractivity contribution in [2.45, 2.75) is 11.3 Å². The van der Waals surface area contributed by atoms with Crippen LogP contribution in [0.2, 0.25) is 0 Å². The number of hydrogen-bond donors (Lipinski definition) is 1. The molecule has 2 aromatic heterocycles. The van der Waals surface area contributed by atoms with Gasteiger partial charge in [0.15, 0.2) is 0 Å². The van der Waals surface area contributed by atoms with Crippen LogP contribution in [-0.2, 0) is 11.2 Å². The van der Waals surface area contributed by atoms with Crippen LogP contribution in [0.25, 0.3) is 5.65 Å². The summed E-state index contributed by atoms with van der Waals surface area (Å²) < 4.78 is 14.7. The fraction of sp³-hybridized carbons (Fsp3) is 0.125. The minimum absolute atomic E-state index is 0.146. The lowest BCUT2D eigenvalue weighted by Crippen LogP contribution is -2.14. The first kappa shape index (κ1) is 14.6. The van der Waals surface area contributed by atoms with E-state index < -0.39 is 0 Å². The first-order chi connectivity index (χ1) is 10.6. The van der Waals surface area contributed by atoms with Crippen molar-refractivity contribution in [3.8, 4) is 0 Å². The van der Waals surface area contributed by atoms with E-state index in [4.69, 9.17) is 0 Å². The van der Waals surface area contributed by atoms with Crippen molar-refractivity contribution in [3.63, 3.8) is 0 Å². The smallest absolute Gasteiger partial charge is 0.230 e. The molecular formula is C16H14FN3OS. The zero-order chi connectivity index (χ0) is 15.5. The first-order valence-electron chi connectivity index (χ1n) is 6.71. The third-order valence-electron chi connectivity index (χ3n) is 3.16. The fourth-order valence-corrected chi connectivity index (χ4v) is 2.63. The number of carbonyl (C=O) groups excluding carboxylic acids is 1. The van der Waals surface area contributed by atoms with E-state index in [2.05, 4.69) is 10.3 Å². The molecule has 0 aliphatic rings. The molecule has 112 valence electrons. The number of anilines is 1. The van der Waals surface area contributed by atoms with Gasteiger partial charge >= 0.3 is 0 Å². The van der Waals surface area contributed by atoms with Crippen LogP contribution in [0.1, 0.15) is 5.69 Å². The maximum absolute atomic E-state index is 13.1. The molecule has 22 heavy (non-hydrogen) atoms. The van der Waals surface area contributed by atoms with Gasteiger partial charge in [0, 0.05) is 23.0 Å². The minimum atomic E-state index is -0.338. The van der Waals surface area contributed by atoms with Crippen LogP contribution in [0.3, 0.4) is 0 Å². The molecule has 0 unspecified atom stereocenters. The summed E-state index contributed by atoms with van der Waals surface area (Å²) in [7, 11) is 0. The summed E-state index contributed by atoms with van der Waals surface area (Å²) in [5.74, 6) is -0.489. The highest BCUT2D eigenvalue weighted by Crippen LogP contribution is 2.19. The Balaban J connectivity index is 1.72. The second-order valence-corrected chi connectivity index (χ2v) is 5.68. The molecule has 0 bridgehead atoms. The molecule has 0 fully saturated rings. The molecule has 0 saturated heterocycles. The summed E-state index contributed by atoms with van der Waals surface area (Å²) in [4.78, 5) is 17.5. The number of amides is 1. The largest absolute Gasteiger partial charge is 0.326 e. The summed E-state index contributed by atoms with van der Waals surface area (Å²) >= 11 is 1.62. The van der Waals surface area contributed by atoms with Crippen LogP contribution in [0.15, 0.2) is 53.7 Å². The minimum Gasteiger partial charge on any atom is -0.326 e. The molecule has 0 aliphatic heterocycles. The van der Waals surface area contributed by atoms with Crippen LogP contribution in [-0.4, -0.2) is 21.5 Å². The molecule has 0 aliphatic carbocycles. The molecule has 0 spiro atoms. The maximum Gasteiger partial charge on any atom is 0.230 e. The summed E-state index contributed by atoms with van der Waals surface area (Å²) in [6, 6.07) is 10.6. The van der Waals surface area contributed by atoms with Crippen molar-refractivity contribution in [1.29, 1.82) is 0 Å². The van der Waals surface area contributed by atoms with Crippen LogP contribution in [0.4, 0.5) is 10.1 Å².